The van der Waals surface area contributed by atoms with Gasteiger partial charge in [-0.25, -0.2) is 0 Å². The lowest BCUT2D eigenvalue weighted by Crippen LogP contribution is -2.03. The fraction of sp³-hybridized carbons (Fsp3) is 0.500. The number of thiol groups is 1. The molecule has 13 heavy (non-hydrogen) atoms. The molecule has 0 aromatic carbocycles. The van der Waals surface area contributed by atoms with E-state index in [-0.39, 0.29) is 5.78 Å². The molecule has 0 saturated carbocycles. The Hall–Kier alpha value is -0.150. The lowest BCUT2D eigenvalue weighted by Gasteiger charge is -2.06. The Labute approximate surface area is 89.1 Å². The van der Waals surface area contributed by atoms with Crippen LogP contribution in [0.3, 0.4) is 0 Å². The first-order chi connectivity index (χ1) is 6.24. The van der Waals surface area contributed by atoms with E-state index in [1.165, 1.54) is 0 Å². The average Bonchev–Trinajstić information content (AvgIpc) is 2.66. The Balaban J connectivity index is 2.26. The fourth-order valence-corrected chi connectivity index (χ4v) is 1.67. The first-order valence-electron chi connectivity index (χ1n) is 4.34. The molecule has 1 unspecified atom stereocenters. The van der Waals surface area contributed by atoms with Gasteiger partial charge in [-0.2, -0.15) is 24.4 Å². The van der Waals surface area contributed by atoms with E-state index in [0.717, 1.165) is 18.4 Å². The van der Waals surface area contributed by atoms with Crippen molar-refractivity contribution in [1.29, 1.82) is 0 Å². The SMILES string of the molecule is CSC(S)CCC(=O)C1=CC=CC1. The molecule has 1 atom stereocenters. The number of carbonyl (C=O) groups excluding carboxylic acids is 1. The molecule has 0 aromatic rings. The van der Waals surface area contributed by atoms with Crippen LogP contribution in [0.4, 0.5) is 0 Å². The van der Waals surface area contributed by atoms with Crippen molar-refractivity contribution < 1.29 is 4.79 Å². The second kappa shape index (κ2) is 5.55. The van der Waals surface area contributed by atoms with Gasteiger partial charge < -0.3 is 0 Å². The predicted octanol–water partition coefficient (Wildman–Crippen LogP) is 2.84. The number of rotatable bonds is 5. The van der Waals surface area contributed by atoms with Gasteiger partial charge >= 0.3 is 0 Å². The van der Waals surface area contributed by atoms with Crippen LogP contribution in [0.5, 0.6) is 0 Å². The van der Waals surface area contributed by atoms with E-state index in [2.05, 4.69) is 12.6 Å². The molecule has 72 valence electrons. The first-order valence-corrected chi connectivity index (χ1v) is 6.14. The molecule has 0 bridgehead atoms. The van der Waals surface area contributed by atoms with Crippen molar-refractivity contribution >= 4 is 30.2 Å². The number of thioether (sulfide) groups is 1. The summed E-state index contributed by atoms with van der Waals surface area (Å²) >= 11 is 6.01. The summed E-state index contributed by atoms with van der Waals surface area (Å²) in [5.41, 5.74) is 0.946. The van der Waals surface area contributed by atoms with E-state index < -0.39 is 0 Å². The van der Waals surface area contributed by atoms with Crippen molar-refractivity contribution in [3.63, 3.8) is 0 Å². The molecule has 1 aliphatic rings. The van der Waals surface area contributed by atoms with Gasteiger partial charge in [-0.1, -0.05) is 18.2 Å². The summed E-state index contributed by atoms with van der Waals surface area (Å²) in [5.74, 6) is 0.276. The van der Waals surface area contributed by atoms with E-state index >= 15 is 0 Å². The molecule has 1 nitrogen and oxygen atoms in total. The Morgan fingerprint density at radius 1 is 1.77 bits per heavy atom. The predicted molar refractivity (Wildman–Crippen MR) is 62.4 cm³/mol. The maximum absolute atomic E-state index is 11.5. The van der Waals surface area contributed by atoms with Gasteiger partial charge in [0, 0.05) is 11.0 Å². The van der Waals surface area contributed by atoms with Gasteiger partial charge in [-0.15, -0.1) is 0 Å². The molecule has 0 fully saturated rings. The molecule has 1 rings (SSSR count). The number of ketones is 1. The van der Waals surface area contributed by atoms with Crippen molar-refractivity contribution in [3.05, 3.63) is 23.8 Å². The van der Waals surface area contributed by atoms with Crippen LogP contribution >= 0.6 is 24.4 Å². The molecule has 3 heteroatoms. The van der Waals surface area contributed by atoms with Gasteiger partial charge in [0.2, 0.25) is 0 Å². The Morgan fingerprint density at radius 2 is 2.54 bits per heavy atom. The van der Waals surface area contributed by atoms with Crippen LogP contribution in [0, 0.1) is 0 Å². The topological polar surface area (TPSA) is 17.1 Å². The third-order valence-electron chi connectivity index (χ3n) is 2.02. The highest BCUT2D eigenvalue weighted by Gasteiger charge is 2.11. The van der Waals surface area contributed by atoms with Crippen LogP contribution < -0.4 is 0 Å². The minimum atomic E-state index is 0.276. The highest BCUT2D eigenvalue weighted by Crippen LogP contribution is 2.20. The third-order valence-corrected chi connectivity index (χ3v) is 3.69. The largest absolute Gasteiger partial charge is 0.295 e. The molecule has 0 aromatic heterocycles. The van der Waals surface area contributed by atoms with Gasteiger partial charge in [-0.05, 0) is 24.7 Å². The van der Waals surface area contributed by atoms with Crippen LogP contribution in [-0.4, -0.2) is 16.6 Å². The average molecular weight is 214 g/mol. The number of hydrogen-bond donors (Lipinski definition) is 1. The number of allylic oxidation sites excluding steroid dienone is 4. The van der Waals surface area contributed by atoms with Gasteiger partial charge in [0.05, 0.1) is 0 Å². The van der Waals surface area contributed by atoms with E-state index in [1.807, 2.05) is 24.5 Å². The van der Waals surface area contributed by atoms with Crippen LogP contribution in [0.1, 0.15) is 19.3 Å². The second-order valence-electron chi connectivity index (χ2n) is 2.98. The molecule has 0 radical (unpaired) electrons. The summed E-state index contributed by atoms with van der Waals surface area (Å²) in [6.07, 6.45) is 10.2. The molecule has 0 amide bonds. The molecular formula is C10H14OS2. The van der Waals surface area contributed by atoms with E-state index in [4.69, 9.17) is 0 Å². The minimum absolute atomic E-state index is 0.276. The number of hydrogen-bond acceptors (Lipinski definition) is 3. The molecule has 0 saturated heterocycles. The zero-order chi connectivity index (χ0) is 9.68. The Kier molecular flexibility index (Phi) is 4.67. The molecule has 0 spiro atoms. The normalized spacial score (nSPS) is 17.2. The van der Waals surface area contributed by atoms with Gasteiger partial charge in [0.25, 0.3) is 0 Å². The summed E-state index contributed by atoms with van der Waals surface area (Å²) < 4.78 is 0.291. The van der Waals surface area contributed by atoms with Crippen molar-refractivity contribution in [2.45, 2.75) is 23.8 Å². The Morgan fingerprint density at radius 3 is 3.08 bits per heavy atom. The lowest BCUT2D eigenvalue weighted by atomic mass is 10.1. The number of carbonyl (C=O) groups is 1. The standard InChI is InChI=1S/C10H14OS2/c1-13-10(12)7-6-9(11)8-4-2-3-5-8/h2-4,10,12H,5-7H2,1H3. The van der Waals surface area contributed by atoms with Crippen molar-refractivity contribution in [3.8, 4) is 0 Å². The van der Waals surface area contributed by atoms with E-state index in [0.29, 0.717) is 11.0 Å². The summed E-state index contributed by atoms with van der Waals surface area (Å²) in [7, 11) is 0. The molecule has 0 heterocycles. The summed E-state index contributed by atoms with van der Waals surface area (Å²) in [6, 6.07) is 0. The van der Waals surface area contributed by atoms with E-state index in [1.54, 1.807) is 11.8 Å². The quantitative estimate of drug-likeness (QED) is 0.560. The molecule has 0 aliphatic heterocycles. The molecule has 0 N–H and O–H groups in total. The maximum atomic E-state index is 11.5. The Bertz CT molecular complexity index is 243. The zero-order valence-corrected chi connectivity index (χ0v) is 9.41. The zero-order valence-electron chi connectivity index (χ0n) is 7.69. The summed E-state index contributed by atoms with van der Waals surface area (Å²) in [6.45, 7) is 0. The highest BCUT2D eigenvalue weighted by molar-refractivity contribution is 8.09. The summed E-state index contributed by atoms with van der Waals surface area (Å²) in [5, 5.41) is 0. The minimum Gasteiger partial charge on any atom is -0.295 e. The number of Topliss-reactive ketones (excluding diaryl/α,β-unsaturated/α-hetero) is 1. The van der Waals surface area contributed by atoms with Crippen LogP contribution in [0.2, 0.25) is 0 Å². The lowest BCUT2D eigenvalue weighted by molar-refractivity contribution is -0.115. The van der Waals surface area contributed by atoms with Crippen LogP contribution in [-0.2, 0) is 4.79 Å². The van der Waals surface area contributed by atoms with Crippen LogP contribution in [0.15, 0.2) is 23.8 Å². The van der Waals surface area contributed by atoms with Gasteiger partial charge in [0.15, 0.2) is 5.78 Å². The van der Waals surface area contributed by atoms with E-state index in [9.17, 15) is 4.79 Å². The third kappa shape index (κ3) is 3.61. The highest BCUT2D eigenvalue weighted by atomic mass is 32.2. The maximum Gasteiger partial charge on any atom is 0.159 e. The smallest absolute Gasteiger partial charge is 0.159 e. The second-order valence-corrected chi connectivity index (χ2v) is 4.99. The first kappa shape index (κ1) is 10.9. The van der Waals surface area contributed by atoms with Crippen LogP contribution in [0.25, 0.3) is 0 Å². The molecule has 1 aliphatic carbocycles. The van der Waals surface area contributed by atoms with Crippen molar-refractivity contribution in [2.75, 3.05) is 6.26 Å². The fourth-order valence-electron chi connectivity index (χ4n) is 1.19. The van der Waals surface area contributed by atoms with Gasteiger partial charge in [-0.3, -0.25) is 4.79 Å². The van der Waals surface area contributed by atoms with Gasteiger partial charge in [0.1, 0.15) is 0 Å². The van der Waals surface area contributed by atoms with Crippen molar-refractivity contribution in [1.82, 2.24) is 0 Å². The molecular weight excluding hydrogens is 200 g/mol. The summed E-state index contributed by atoms with van der Waals surface area (Å²) in [4.78, 5) is 11.5. The van der Waals surface area contributed by atoms with Crippen molar-refractivity contribution in [2.24, 2.45) is 0 Å². The monoisotopic (exact) mass is 214 g/mol.